The average molecular weight is 440 g/mol. The molecular formula is C33H29N. The van der Waals surface area contributed by atoms with E-state index in [2.05, 4.69) is 133 Å². The molecule has 1 heteroatoms. The van der Waals surface area contributed by atoms with Crippen molar-refractivity contribution in [2.24, 2.45) is 0 Å². The molecule has 1 nitrogen and oxygen atoms in total. The third-order valence-corrected chi connectivity index (χ3v) is 6.44. The number of fused-ring (bicyclic) bond motifs is 1. The summed E-state index contributed by atoms with van der Waals surface area (Å²) in [5.41, 5.74) is 9.86. The third kappa shape index (κ3) is 4.13. The molecule has 34 heavy (non-hydrogen) atoms. The largest absolute Gasteiger partial charge is 0.309 e. The molecule has 4 aromatic carbocycles. The molecule has 0 aliphatic rings. The highest BCUT2D eigenvalue weighted by atomic mass is 15.0. The van der Waals surface area contributed by atoms with Crippen LogP contribution in [0.15, 0.2) is 116 Å². The van der Waals surface area contributed by atoms with Gasteiger partial charge in [0, 0.05) is 16.6 Å². The summed E-state index contributed by atoms with van der Waals surface area (Å²) >= 11 is 0. The van der Waals surface area contributed by atoms with E-state index >= 15 is 0 Å². The smallest absolute Gasteiger partial charge is 0.0541 e. The molecule has 0 spiro atoms. The quantitative estimate of drug-likeness (QED) is 0.239. The minimum Gasteiger partial charge on any atom is -0.309 e. The monoisotopic (exact) mass is 439 g/mol. The van der Waals surface area contributed by atoms with Crippen LogP contribution in [-0.2, 0) is 12.8 Å². The molecule has 0 aliphatic heterocycles. The highest BCUT2D eigenvalue weighted by Crippen LogP contribution is 2.35. The molecule has 0 N–H and O–H groups in total. The van der Waals surface area contributed by atoms with E-state index in [1.807, 2.05) is 6.08 Å². The maximum absolute atomic E-state index is 4.21. The molecule has 0 fully saturated rings. The lowest BCUT2D eigenvalue weighted by Gasteiger charge is -2.14. The highest BCUT2D eigenvalue weighted by molar-refractivity contribution is 5.97. The van der Waals surface area contributed by atoms with Crippen molar-refractivity contribution in [3.05, 3.63) is 138 Å². The van der Waals surface area contributed by atoms with E-state index in [0.29, 0.717) is 0 Å². The van der Waals surface area contributed by atoms with E-state index in [0.717, 1.165) is 12.8 Å². The van der Waals surface area contributed by atoms with Crippen molar-refractivity contribution in [1.82, 2.24) is 4.57 Å². The zero-order valence-corrected chi connectivity index (χ0v) is 19.6. The lowest BCUT2D eigenvalue weighted by molar-refractivity contribution is 1.03. The van der Waals surface area contributed by atoms with Gasteiger partial charge in [0.25, 0.3) is 0 Å². The maximum atomic E-state index is 4.21. The van der Waals surface area contributed by atoms with E-state index < -0.39 is 0 Å². The first-order valence-electron chi connectivity index (χ1n) is 11.9. The molecule has 5 aromatic rings. The summed E-state index contributed by atoms with van der Waals surface area (Å²) in [6.07, 6.45) is 8.40. The number of para-hydroxylation sites is 1. The second kappa shape index (κ2) is 9.80. The van der Waals surface area contributed by atoms with Crippen LogP contribution in [0.4, 0.5) is 0 Å². The molecule has 1 aromatic heterocycles. The van der Waals surface area contributed by atoms with Gasteiger partial charge in [-0.05, 0) is 59.4 Å². The number of hydrogen-bond acceptors (Lipinski definition) is 0. The molecule has 166 valence electrons. The van der Waals surface area contributed by atoms with Gasteiger partial charge >= 0.3 is 0 Å². The van der Waals surface area contributed by atoms with Gasteiger partial charge in [-0.15, -0.1) is 0 Å². The van der Waals surface area contributed by atoms with E-state index in [1.54, 1.807) is 0 Å². The van der Waals surface area contributed by atoms with Crippen molar-refractivity contribution in [2.75, 3.05) is 0 Å². The molecule has 0 saturated carbocycles. The highest BCUT2D eigenvalue weighted by Gasteiger charge is 2.17. The number of aromatic nitrogens is 1. The summed E-state index contributed by atoms with van der Waals surface area (Å²) in [4.78, 5) is 0. The standard InChI is InChI=1S/C33H29N/c1-3-26-17-11-12-20-31(26)34-32(21-13-16-25-14-7-5-8-15-25)29(4-2)30-24-28(22-23-33(30)34)27-18-9-6-10-19-27/h4-15,17-24H,2-3,16H2,1H3/b21-13-. The second-order valence-corrected chi connectivity index (χ2v) is 8.51. The summed E-state index contributed by atoms with van der Waals surface area (Å²) in [6.45, 7) is 6.43. The number of allylic oxidation sites excluding steroid dienone is 1. The van der Waals surface area contributed by atoms with E-state index in [4.69, 9.17) is 0 Å². The summed E-state index contributed by atoms with van der Waals surface area (Å²) in [5, 5.41) is 1.22. The van der Waals surface area contributed by atoms with Gasteiger partial charge in [-0.25, -0.2) is 0 Å². The summed E-state index contributed by atoms with van der Waals surface area (Å²) in [7, 11) is 0. The van der Waals surface area contributed by atoms with Crippen LogP contribution in [0.2, 0.25) is 0 Å². The first-order chi connectivity index (χ1) is 16.8. The topological polar surface area (TPSA) is 4.93 Å². The summed E-state index contributed by atoms with van der Waals surface area (Å²) in [6, 6.07) is 36.7. The zero-order valence-electron chi connectivity index (χ0n) is 19.6. The lowest BCUT2D eigenvalue weighted by atomic mass is 10.0. The van der Waals surface area contributed by atoms with Gasteiger partial charge < -0.3 is 4.57 Å². The van der Waals surface area contributed by atoms with Crippen LogP contribution < -0.4 is 0 Å². The van der Waals surface area contributed by atoms with Crippen LogP contribution >= 0.6 is 0 Å². The van der Waals surface area contributed by atoms with Gasteiger partial charge in [0.1, 0.15) is 0 Å². The molecule has 0 saturated heterocycles. The predicted octanol–water partition coefficient (Wildman–Crippen LogP) is 8.76. The molecule has 1 heterocycles. The molecule has 0 radical (unpaired) electrons. The fourth-order valence-electron chi connectivity index (χ4n) is 4.73. The van der Waals surface area contributed by atoms with Crippen molar-refractivity contribution in [3.63, 3.8) is 0 Å². The number of rotatable bonds is 7. The van der Waals surface area contributed by atoms with Crippen molar-refractivity contribution < 1.29 is 0 Å². The maximum Gasteiger partial charge on any atom is 0.0541 e. The third-order valence-electron chi connectivity index (χ3n) is 6.44. The van der Waals surface area contributed by atoms with Crippen LogP contribution in [-0.4, -0.2) is 4.57 Å². The zero-order chi connectivity index (χ0) is 23.3. The van der Waals surface area contributed by atoms with Gasteiger partial charge in [-0.3, -0.25) is 0 Å². The van der Waals surface area contributed by atoms with Crippen LogP contribution in [0.3, 0.4) is 0 Å². The van der Waals surface area contributed by atoms with Crippen molar-refractivity contribution in [3.8, 4) is 16.8 Å². The van der Waals surface area contributed by atoms with Crippen molar-refractivity contribution in [1.29, 1.82) is 0 Å². The average Bonchev–Trinajstić information content (AvgIpc) is 3.22. The summed E-state index contributed by atoms with van der Waals surface area (Å²) in [5.74, 6) is 0. The molecule has 0 amide bonds. The van der Waals surface area contributed by atoms with Gasteiger partial charge in [0.15, 0.2) is 0 Å². The van der Waals surface area contributed by atoms with E-state index in [-0.39, 0.29) is 0 Å². The minimum atomic E-state index is 0.892. The Hall–Kier alpha value is -4.10. The first-order valence-corrected chi connectivity index (χ1v) is 11.9. The SMILES string of the molecule is C=Cc1c(/C=C\Cc2ccccc2)n(-c2ccccc2CC)c2ccc(-c3ccccc3)cc12. The van der Waals surface area contributed by atoms with E-state index in [1.165, 1.54) is 50.1 Å². The van der Waals surface area contributed by atoms with Crippen LogP contribution in [0, 0.1) is 0 Å². The lowest BCUT2D eigenvalue weighted by Crippen LogP contribution is -2.01. The van der Waals surface area contributed by atoms with E-state index in [9.17, 15) is 0 Å². The number of aryl methyl sites for hydroxylation is 1. The Bertz CT molecular complexity index is 1450. The van der Waals surface area contributed by atoms with Crippen molar-refractivity contribution in [2.45, 2.75) is 19.8 Å². The Morgan fingerprint density at radius 2 is 1.47 bits per heavy atom. The fraction of sp³-hybridized carbons (Fsp3) is 0.0909. The number of nitrogens with zero attached hydrogens (tertiary/aromatic N) is 1. The Labute approximate surface area is 202 Å². The second-order valence-electron chi connectivity index (χ2n) is 8.51. The fourth-order valence-corrected chi connectivity index (χ4v) is 4.73. The Morgan fingerprint density at radius 1 is 0.765 bits per heavy atom. The molecular weight excluding hydrogens is 410 g/mol. The summed E-state index contributed by atoms with van der Waals surface area (Å²) < 4.78 is 2.40. The Balaban J connectivity index is 1.72. The predicted molar refractivity (Wildman–Crippen MR) is 147 cm³/mol. The molecule has 0 aliphatic carbocycles. The van der Waals surface area contributed by atoms with Crippen LogP contribution in [0.5, 0.6) is 0 Å². The Kier molecular flexibility index (Phi) is 6.27. The van der Waals surface area contributed by atoms with Crippen LogP contribution in [0.1, 0.15) is 29.3 Å². The molecule has 5 rings (SSSR count). The number of benzene rings is 4. The van der Waals surface area contributed by atoms with Gasteiger partial charge in [0.2, 0.25) is 0 Å². The van der Waals surface area contributed by atoms with Gasteiger partial charge in [0.05, 0.1) is 11.2 Å². The normalized spacial score (nSPS) is 11.3. The molecule has 0 atom stereocenters. The molecule has 0 unspecified atom stereocenters. The Morgan fingerprint density at radius 3 is 2.21 bits per heavy atom. The van der Waals surface area contributed by atoms with Gasteiger partial charge in [-0.1, -0.05) is 111 Å². The minimum absolute atomic E-state index is 0.892. The van der Waals surface area contributed by atoms with Crippen molar-refractivity contribution >= 4 is 23.1 Å². The van der Waals surface area contributed by atoms with Crippen LogP contribution in [0.25, 0.3) is 39.9 Å². The number of hydrogen-bond donors (Lipinski definition) is 0. The molecule has 0 bridgehead atoms. The van der Waals surface area contributed by atoms with Gasteiger partial charge in [-0.2, -0.15) is 0 Å². The first kappa shape index (κ1) is 21.7.